The molecule has 0 bridgehead atoms. The second kappa shape index (κ2) is 10.6. The quantitative estimate of drug-likeness (QED) is 0.383. The van der Waals surface area contributed by atoms with Crippen molar-refractivity contribution in [2.45, 2.75) is 19.3 Å². The number of carboxylic acid groups (broad SMARTS) is 1. The van der Waals surface area contributed by atoms with Crippen LogP contribution in [0.2, 0.25) is 5.02 Å². The van der Waals surface area contributed by atoms with Crippen LogP contribution in [-0.4, -0.2) is 36.2 Å². The molecule has 8 heteroatoms. The number of fused-ring (bicyclic) bond motifs is 3. The lowest BCUT2D eigenvalue weighted by molar-refractivity contribution is -0.119. The molecule has 7 nitrogen and oxygen atoms in total. The Kier molecular flexibility index (Phi) is 7.36. The van der Waals surface area contributed by atoms with Crippen molar-refractivity contribution in [1.82, 2.24) is 5.32 Å². The van der Waals surface area contributed by atoms with Crippen molar-refractivity contribution in [3.8, 4) is 11.1 Å². The summed E-state index contributed by atoms with van der Waals surface area (Å²) < 4.78 is 5.53. The fourth-order valence-electron chi connectivity index (χ4n) is 4.26. The first-order valence-electron chi connectivity index (χ1n) is 11.3. The molecule has 1 unspecified atom stereocenters. The van der Waals surface area contributed by atoms with Crippen molar-refractivity contribution in [1.29, 1.82) is 0 Å². The number of rotatable bonds is 8. The van der Waals surface area contributed by atoms with E-state index in [1.165, 1.54) is 18.2 Å². The summed E-state index contributed by atoms with van der Waals surface area (Å²) in [5.74, 6) is -2.01. The number of hydrogen-bond acceptors (Lipinski definition) is 4. The van der Waals surface area contributed by atoms with Crippen LogP contribution in [0.3, 0.4) is 0 Å². The minimum absolute atomic E-state index is 0.0250. The molecule has 0 saturated carbocycles. The van der Waals surface area contributed by atoms with Crippen LogP contribution >= 0.6 is 11.6 Å². The second-order valence-electron chi connectivity index (χ2n) is 8.30. The molecular weight excluding hydrogens is 468 g/mol. The molecule has 0 fully saturated rings. The molecule has 0 aromatic heterocycles. The molecule has 3 aromatic carbocycles. The molecule has 3 N–H and O–H groups in total. The van der Waals surface area contributed by atoms with E-state index in [4.69, 9.17) is 21.4 Å². The average molecular weight is 493 g/mol. The zero-order chi connectivity index (χ0) is 24.9. The number of nitrogens with one attached hydrogen (secondary N) is 2. The van der Waals surface area contributed by atoms with E-state index >= 15 is 0 Å². The van der Waals surface area contributed by atoms with Gasteiger partial charge in [-0.3, -0.25) is 4.79 Å². The van der Waals surface area contributed by atoms with Crippen molar-refractivity contribution in [3.63, 3.8) is 0 Å². The number of hydrogen-bond donors (Lipinski definition) is 3. The number of aromatic carboxylic acids is 1. The van der Waals surface area contributed by atoms with Gasteiger partial charge in [0.1, 0.15) is 6.61 Å². The smallest absolute Gasteiger partial charge is 0.407 e. The fourth-order valence-corrected chi connectivity index (χ4v) is 4.49. The summed E-state index contributed by atoms with van der Waals surface area (Å²) in [6, 6.07) is 20.3. The van der Waals surface area contributed by atoms with E-state index in [-0.39, 0.29) is 35.6 Å². The largest absolute Gasteiger partial charge is 0.478 e. The molecule has 35 heavy (non-hydrogen) atoms. The molecule has 180 valence electrons. The van der Waals surface area contributed by atoms with Crippen LogP contribution in [0.4, 0.5) is 10.5 Å². The summed E-state index contributed by atoms with van der Waals surface area (Å²) >= 11 is 6.10. The average Bonchev–Trinajstić information content (AvgIpc) is 3.18. The van der Waals surface area contributed by atoms with Gasteiger partial charge in [0.15, 0.2) is 0 Å². The number of carbonyl (C=O) groups is 3. The summed E-state index contributed by atoms with van der Waals surface area (Å²) in [5.41, 5.74) is 4.87. The molecular formula is C27H25ClN2O5. The predicted octanol–water partition coefficient (Wildman–Crippen LogP) is 5.54. The Morgan fingerprint density at radius 3 is 2.20 bits per heavy atom. The third-order valence-electron chi connectivity index (χ3n) is 6.17. The number of halogens is 1. The Morgan fingerprint density at radius 2 is 1.63 bits per heavy atom. The van der Waals surface area contributed by atoms with Gasteiger partial charge < -0.3 is 20.5 Å². The summed E-state index contributed by atoms with van der Waals surface area (Å²) in [5, 5.41) is 14.5. The van der Waals surface area contributed by atoms with Crippen LogP contribution in [0.15, 0.2) is 66.7 Å². The van der Waals surface area contributed by atoms with Crippen LogP contribution in [0.1, 0.15) is 40.7 Å². The van der Waals surface area contributed by atoms with Gasteiger partial charge in [-0.15, -0.1) is 0 Å². The molecule has 4 rings (SSSR count). The lowest BCUT2D eigenvalue weighted by Crippen LogP contribution is -2.36. The molecule has 2 amide bonds. The standard InChI is InChI=1S/C27H25ClN2O5/c1-2-16(25(31)30-24-12-11-17(26(32)33)13-23(24)28)14-29-27(34)35-15-22-20-9-5-3-7-18(20)19-8-4-6-10-21(19)22/h3-13,16,22H,2,14-15H2,1H3,(H,29,34)(H,30,31)(H,32,33). The van der Waals surface area contributed by atoms with E-state index in [0.29, 0.717) is 12.1 Å². The molecule has 0 aliphatic heterocycles. The number of alkyl carbamates (subject to hydrolysis) is 1. The topological polar surface area (TPSA) is 105 Å². The van der Waals surface area contributed by atoms with Crippen molar-refractivity contribution in [3.05, 3.63) is 88.4 Å². The Bertz CT molecular complexity index is 1230. The van der Waals surface area contributed by atoms with Crippen LogP contribution < -0.4 is 10.6 Å². The normalized spacial score (nSPS) is 12.9. The Balaban J connectivity index is 1.33. The molecule has 0 heterocycles. The molecule has 1 atom stereocenters. The molecule has 1 aliphatic rings. The van der Waals surface area contributed by atoms with E-state index in [1.54, 1.807) is 0 Å². The molecule has 3 aromatic rings. The molecule has 0 spiro atoms. The van der Waals surface area contributed by atoms with Gasteiger partial charge in [0, 0.05) is 12.5 Å². The lowest BCUT2D eigenvalue weighted by Gasteiger charge is -2.18. The molecule has 0 saturated heterocycles. The van der Waals surface area contributed by atoms with Crippen LogP contribution in [0.5, 0.6) is 0 Å². The van der Waals surface area contributed by atoms with E-state index in [2.05, 4.69) is 22.8 Å². The van der Waals surface area contributed by atoms with Gasteiger partial charge in [0.2, 0.25) is 5.91 Å². The highest BCUT2D eigenvalue weighted by Crippen LogP contribution is 2.44. The van der Waals surface area contributed by atoms with Gasteiger partial charge in [0.25, 0.3) is 0 Å². The molecule has 1 aliphatic carbocycles. The number of carbonyl (C=O) groups excluding carboxylic acids is 2. The highest BCUT2D eigenvalue weighted by Gasteiger charge is 2.29. The van der Waals surface area contributed by atoms with Crippen LogP contribution in [0, 0.1) is 5.92 Å². The number of anilines is 1. The Labute approximate surface area is 208 Å². The summed E-state index contributed by atoms with van der Waals surface area (Å²) in [7, 11) is 0. The Hall–Kier alpha value is -3.84. The maximum Gasteiger partial charge on any atom is 0.407 e. The minimum Gasteiger partial charge on any atom is -0.478 e. The maximum absolute atomic E-state index is 12.7. The number of ether oxygens (including phenoxy) is 1. The van der Waals surface area contributed by atoms with Gasteiger partial charge in [-0.05, 0) is 46.9 Å². The van der Waals surface area contributed by atoms with Crippen molar-refractivity contribution in [2.24, 2.45) is 5.92 Å². The van der Waals surface area contributed by atoms with Gasteiger partial charge in [-0.2, -0.15) is 0 Å². The third kappa shape index (κ3) is 5.30. The SMILES string of the molecule is CCC(CNC(=O)OCC1c2ccccc2-c2ccccc21)C(=O)Nc1ccc(C(=O)O)cc1Cl. The summed E-state index contributed by atoms with van der Waals surface area (Å²) in [4.78, 5) is 36.2. The Morgan fingerprint density at radius 1 is 1.00 bits per heavy atom. The fraction of sp³-hybridized carbons (Fsp3) is 0.222. The molecule has 0 radical (unpaired) electrons. The predicted molar refractivity (Wildman–Crippen MR) is 134 cm³/mol. The second-order valence-corrected chi connectivity index (χ2v) is 8.71. The van der Waals surface area contributed by atoms with Gasteiger partial charge >= 0.3 is 12.1 Å². The van der Waals surface area contributed by atoms with Crippen molar-refractivity contribution >= 4 is 35.3 Å². The van der Waals surface area contributed by atoms with E-state index < -0.39 is 18.0 Å². The lowest BCUT2D eigenvalue weighted by atomic mass is 9.98. The van der Waals surface area contributed by atoms with Crippen LogP contribution in [0.25, 0.3) is 11.1 Å². The van der Waals surface area contributed by atoms with Gasteiger partial charge in [-0.25, -0.2) is 9.59 Å². The van der Waals surface area contributed by atoms with E-state index in [9.17, 15) is 14.4 Å². The number of benzene rings is 3. The first kappa shape index (κ1) is 24.3. The summed E-state index contributed by atoms with van der Waals surface area (Å²) in [6.45, 7) is 2.11. The monoisotopic (exact) mass is 492 g/mol. The van der Waals surface area contributed by atoms with E-state index in [0.717, 1.165) is 22.3 Å². The third-order valence-corrected chi connectivity index (χ3v) is 6.49. The number of amides is 2. The first-order valence-corrected chi connectivity index (χ1v) is 11.7. The van der Waals surface area contributed by atoms with Gasteiger partial charge in [0.05, 0.1) is 22.2 Å². The highest BCUT2D eigenvalue weighted by atomic mass is 35.5. The number of carboxylic acids is 1. The minimum atomic E-state index is -1.11. The zero-order valence-corrected chi connectivity index (χ0v) is 19.8. The van der Waals surface area contributed by atoms with E-state index in [1.807, 2.05) is 43.3 Å². The maximum atomic E-state index is 12.7. The van der Waals surface area contributed by atoms with Crippen molar-refractivity contribution in [2.75, 3.05) is 18.5 Å². The highest BCUT2D eigenvalue weighted by molar-refractivity contribution is 6.34. The van der Waals surface area contributed by atoms with Crippen LogP contribution in [-0.2, 0) is 9.53 Å². The van der Waals surface area contributed by atoms with Crippen molar-refractivity contribution < 1.29 is 24.2 Å². The summed E-state index contributed by atoms with van der Waals surface area (Å²) in [6.07, 6.45) is -0.123. The zero-order valence-electron chi connectivity index (χ0n) is 19.1. The first-order chi connectivity index (χ1) is 16.9. The van der Waals surface area contributed by atoms with Gasteiger partial charge in [-0.1, -0.05) is 67.1 Å².